The van der Waals surface area contributed by atoms with Crippen LogP contribution in [-0.4, -0.2) is 18.4 Å². The normalized spacial score (nSPS) is 35.9. The summed E-state index contributed by atoms with van der Waals surface area (Å²) in [5.74, 6) is 2.34. The predicted molar refractivity (Wildman–Crippen MR) is 101 cm³/mol. The van der Waals surface area contributed by atoms with Crippen LogP contribution in [0.1, 0.15) is 56.3 Å². The average Bonchev–Trinajstić information content (AvgIpc) is 2.66. The van der Waals surface area contributed by atoms with Gasteiger partial charge in [0.1, 0.15) is 0 Å². The number of benzene rings is 1. The topological polar surface area (TPSA) is 43.4 Å². The first-order chi connectivity index (χ1) is 12.6. The van der Waals surface area contributed by atoms with E-state index >= 15 is 0 Å². The molecule has 7 atom stereocenters. The molecule has 1 aromatic carbocycles. The third kappa shape index (κ3) is 3.10. The maximum absolute atomic E-state index is 13.3. The van der Waals surface area contributed by atoms with E-state index in [1.165, 1.54) is 6.42 Å². The summed E-state index contributed by atoms with van der Waals surface area (Å²) < 4.78 is 5.70. The van der Waals surface area contributed by atoms with Crippen LogP contribution in [0.4, 0.5) is 0 Å². The van der Waals surface area contributed by atoms with Gasteiger partial charge in [-0.1, -0.05) is 50.6 Å². The van der Waals surface area contributed by atoms with Crippen molar-refractivity contribution in [1.29, 1.82) is 0 Å². The van der Waals surface area contributed by atoms with Gasteiger partial charge < -0.3 is 4.74 Å². The zero-order chi connectivity index (χ0) is 18.3. The molecule has 0 aliphatic heterocycles. The molecule has 5 rings (SSSR count). The van der Waals surface area contributed by atoms with Crippen molar-refractivity contribution in [3.05, 3.63) is 35.9 Å². The summed E-state index contributed by atoms with van der Waals surface area (Å²) in [6, 6.07) is 9.65. The van der Waals surface area contributed by atoms with Crippen LogP contribution >= 0.6 is 0 Å². The Morgan fingerprint density at radius 1 is 1.04 bits per heavy atom. The first kappa shape index (κ1) is 17.8. The van der Waals surface area contributed by atoms with Gasteiger partial charge in [-0.15, -0.1) is 0 Å². The molecule has 0 amide bonds. The second-order valence-electron chi connectivity index (χ2n) is 8.92. The number of carbonyl (C=O) groups excluding carboxylic acids is 2. The van der Waals surface area contributed by atoms with Gasteiger partial charge in [-0.2, -0.15) is 0 Å². The minimum atomic E-state index is -0.0653. The Bertz CT molecular complexity index is 667. The van der Waals surface area contributed by atoms with Crippen LogP contribution in [0.25, 0.3) is 0 Å². The van der Waals surface area contributed by atoms with Crippen molar-refractivity contribution in [3.63, 3.8) is 0 Å². The molecule has 26 heavy (non-hydrogen) atoms. The Labute approximate surface area is 156 Å². The Kier molecular flexibility index (Phi) is 4.90. The van der Waals surface area contributed by atoms with Gasteiger partial charge in [-0.3, -0.25) is 9.59 Å². The molecule has 0 spiro atoms. The van der Waals surface area contributed by atoms with Gasteiger partial charge in [0.2, 0.25) is 0 Å². The summed E-state index contributed by atoms with van der Waals surface area (Å²) in [4.78, 5) is 26.2. The lowest BCUT2D eigenvalue weighted by molar-refractivity contribution is -0.167. The van der Waals surface area contributed by atoms with E-state index in [0.29, 0.717) is 30.3 Å². The molecule has 1 aromatic rings. The second kappa shape index (κ2) is 7.17. The number of rotatable bonds is 6. The molecule has 0 heterocycles. The fourth-order valence-corrected chi connectivity index (χ4v) is 5.92. The summed E-state index contributed by atoms with van der Waals surface area (Å²) in [5.41, 5.74) is 0.802. The largest absolute Gasteiger partial charge is 0.465 e. The Morgan fingerprint density at radius 2 is 1.73 bits per heavy atom. The van der Waals surface area contributed by atoms with Crippen molar-refractivity contribution >= 4 is 11.8 Å². The zero-order valence-corrected chi connectivity index (χ0v) is 15.9. The smallest absolute Gasteiger partial charge is 0.309 e. The van der Waals surface area contributed by atoms with Crippen LogP contribution in [0, 0.1) is 41.4 Å². The molecule has 4 saturated carbocycles. The maximum atomic E-state index is 13.3. The average molecular weight is 354 g/mol. The van der Waals surface area contributed by atoms with Gasteiger partial charge in [-0.25, -0.2) is 0 Å². The summed E-state index contributed by atoms with van der Waals surface area (Å²) >= 11 is 0. The molecule has 0 aromatic heterocycles. The van der Waals surface area contributed by atoms with E-state index in [2.05, 4.69) is 13.8 Å². The Hall–Kier alpha value is -1.64. The van der Waals surface area contributed by atoms with Crippen LogP contribution in [0.15, 0.2) is 30.3 Å². The fraction of sp³-hybridized carbons (Fsp3) is 0.652. The van der Waals surface area contributed by atoms with E-state index in [1.54, 1.807) is 0 Å². The summed E-state index contributed by atoms with van der Waals surface area (Å²) in [6.45, 7) is 4.75. The molecule has 3 nitrogen and oxygen atoms in total. The van der Waals surface area contributed by atoms with E-state index in [0.717, 1.165) is 31.2 Å². The molecule has 0 radical (unpaired) electrons. The van der Waals surface area contributed by atoms with E-state index in [9.17, 15) is 9.59 Å². The van der Waals surface area contributed by atoms with Crippen molar-refractivity contribution in [3.8, 4) is 0 Å². The highest BCUT2D eigenvalue weighted by molar-refractivity contribution is 5.98. The van der Waals surface area contributed by atoms with Crippen LogP contribution in [0.2, 0.25) is 0 Å². The number of hydrogen-bond acceptors (Lipinski definition) is 3. The molecular weight excluding hydrogens is 324 g/mol. The van der Waals surface area contributed by atoms with Crippen molar-refractivity contribution in [2.45, 2.75) is 46.0 Å². The standard InChI is InChI=1S/C23H30O3/c1-3-14(2)13-26-23(25)21-18-10-15-9-17(12-18)20(19(21)11-15)22(24)16-7-5-4-6-8-16/h4-8,14-15,17-21H,3,9-13H2,1-2H3/t14-,15-,17+,18-,19+,20+,21+/m0/s1. The van der Waals surface area contributed by atoms with Gasteiger partial charge in [0.25, 0.3) is 0 Å². The van der Waals surface area contributed by atoms with Crippen LogP contribution in [0.5, 0.6) is 0 Å². The second-order valence-corrected chi connectivity index (χ2v) is 8.92. The highest BCUT2D eigenvalue weighted by Gasteiger charge is 2.58. The highest BCUT2D eigenvalue weighted by Crippen LogP contribution is 2.60. The number of hydrogen-bond donors (Lipinski definition) is 0. The Balaban J connectivity index is 1.55. The minimum absolute atomic E-state index is 0.00588. The van der Waals surface area contributed by atoms with Gasteiger partial charge >= 0.3 is 5.97 Å². The SMILES string of the molecule is CC[C@H](C)COC(=O)[C@@H]1[C@H]2C[C@@H]3C[C@H](C2)[C@@H](C(=O)c2ccccc2)[C@H]1C3. The van der Waals surface area contributed by atoms with Crippen LogP contribution in [-0.2, 0) is 9.53 Å². The van der Waals surface area contributed by atoms with Crippen molar-refractivity contribution in [1.82, 2.24) is 0 Å². The molecular formula is C23H30O3. The van der Waals surface area contributed by atoms with Gasteiger partial charge in [0.15, 0.2) is 5.78 Å². The van der Waals surface area contributed by atoms with Crippen molar-refractivity contribution in [2.75, 3.05) is 6.61 Å². The highest BCUT2D eigenvalue weighted by atomic mass is 16.5. The van der Waals surface area contributed by atoms with E-state index in [1.807, 2.05) is 30.3 Å². The van der Waals surface area contributed by atoms with Gasteiger partial charge in [0, 0.05) is 11.5 Å². The molecule has 4 aliphatic rings. The van der Waals surface area contributed by atoms with Crippen LogP contribution in [0.3, 0.4) is 0 Å². The van der Waals surface area contributed by atoms with E-state index in [4.69, 9.17) is 4.74 Å². The maximum Gasteiger partial charge on any atom is 0.309 e. The first-order valence-corrected chi connectivity index (χ1v) is 10.3. The predicted octanol–water partition coefficient (Wildman–Crippen LogP) is 4.76. The quantitative estimate of drug-likeness (QED) is 0.546. The summed E-state index contributed by atoms with van der Waals surface area (Å²) in [5, 5.41) is 0. The molecule has 3 heteroatoms. The lowest BCUT2D eigenvalue weighted by Gasteiger charge is -2.56. The molecule has 140 valence electrons. The molecule has 0 unspecified atom stereocenters. The van der Waals surface area contributed by atoms with E-state index < -0.39 is 0 Å². The Morgan fingerprint density at radius 3 is 2.42 bits per heavy atom. The van der Waals surface area contributed by atoms with Gasteiger partial charge in [-0.05, 0) is 55.3 Å². The third-order valence-corrected chi connectivity index (χ3v) is 7.26. The third-order valence-electron chi connectivity index (χ3n) is 7.26. The zero-order valence-electron chi connectivity index (χ0n) is 15.9. The molecule has 0 N–H and O–H groups in total. The van der Waals surface area contributed by atoms with Crippen molar-refractivity contribution < 1.29 is 14.3 Å². The minimum Gasteiger partial charge on any atom is -0.465 e. The molecule has 4 bridgehead atoms. The molecule has 0 saturated heterocycles. The molecule has 4 fully saturated rings. The first-order valence-electron chi connectivity index (χ1n) is 10.3. The number of carbonyl (C=O) groups is 2. The van der Waals surface area contributed by atoms with Crippen molar-refractivity contribution in [2.24, 2.45) is 41.4 Å². The van der Waals surface area contributed by atoms with Gasteiger partial charge in [0.05, 0.1) is 12.5 Å². The lowest BCUT2D eigenvalue weighted by Crippen LogP contribution is -2.55. The number of ketones is 1. The number of ether oxygens (including phenoxy) is 1. The monoisotopic (exact) mass is 354 g/mol. The van der Waals surface area contributed by atoms with E-state index in [-0.39, 0.29) is 29.5 Å². The number of Topliss-reactive ketones (excluding diaryl/α,β-unsaturated/α-hetero) is 1. The lowest BCUT2D eigenvalue weighted by atomic mass is 9.47. The van der Waals surface area contributed by atoms with Crippen LogP contribution < -0.4 is 0 Å². The number of esters is 1. The molecule has 4 aliphatic carbocycles. The summed E-state index contributed by atoms with van der Waals surface area (Å²) in [6.07, 6.45) is 5.40. The fourth-order valence-electron chi connectivity index (χ4n) is 5.92. The summed E-state index contributed by atoms with van der Waals surface area (Å²) in [7, 11) is 0.